The van der Waals surface area contributed by atoms with Crippen molar-refractivity contribution < 1.29 is 0 Å². The van der Waals surface area contributed by atoms with Gasteiger partial charge in [0, 0.05) is 12.6 Å². The van der Waals surface area contributed by atoms with Crippen LogP contribution in [-0.4, -0.2) is 24.5 Å². The van der Waals surface area contributed by atoms with E-state index in [0.717, 1.165) is 17.9 Å². The normalized spacial score (nSPS) is 30.8. The van der Waals surface area contributed by atoms with Gasteiger partial charge >= 0.3 is 0 Å². The second kappa shape index (κ2) is 4.27. The van der Waals surface area contributed by atoms with Gasteiger partial charge in [-0.3, -0.25) is 0 Å². The van der Waals surface area contributed by atoms with Crippen LogP contribution in [0, 0.1) is 11.8 Å². The summed E-state index contributed by atoms with van der Waals surface area (Å²) in [6.45, 7) is 8.31. The van der Waals surface area contributed by atoms with E-state index >= 15 is 0 Å². The van der Waals surface area contributed by atoms with E-state index in [1.165, 1.54) is 25.8 Å². The Morgan fingerprint density at radius 2 is 2.08 bits per heavy atom. The van der Waals surface area contributed by atoms with Crippen LogP contribution >= 0.6 is 0 Å². The monoisotopic (exact) mass is 169 g/mol. The summed E-state index contributed by atoms with van der Waals surface area (Å²) in [6.07, 6.45) is 4.22. The summed E-state index contributed by atoms with van der Waals surface area (Å²) in [5.41, 5.74) is 0. The van der Waals surface area contributed by atoms with Crippen molar-refractivity contribution in [2.45, 2.75) is 46.1 Å². The fraction of sp³-hybridized carbons (Fsp3) is 1.00. The molecule has 0 spiro atoms. The molecule has 1 heterocycles. The SMILES string of the molecule is CCCCC1CN(C)C1C(C)C. The standard InChI is InChI=1S/C11H23N/c1-5-6-7-10-8-12(4)11(10)9(2)3/h9-11H,5-8H2,1-4H3. The molecule has 0 radical (unpaired) electrons. The summed E-state index contributed by atoms with van der Waals surface area (Å²) in [6, 6.07) is 0.872. The third-order valence-corrected chi connectivity index (χ3v) is 3.13. The molecule has 72 valence electrons. The Balaban J connectivity index is 2.28. The Hall–Kier alpha value is -0.0400. The molecule has 2 atom stereocenters. The van der Waals surface area contributed by atoms with Crippen molar-refractivity contribution in [1.82, 2.24) is 4.90 Å². The molecule has 1 aliphatic heterocycles. The summed E-state index contributed by atoms with van der Waals surface area (Å²) >= 11 is 0. The van der Waals surface area contributed by atoms with Crippen LogP contribution in [0.5, 0.6) is 0 Å². The zero-order chi connectivity index (χ0) is 9.14. The van der Waals surface area contributed by atoms with E-state index in [1.54, 1.807) is 0 Å². The Labute approximate surface area is 77.1 Å². The summed E-state index contributed by atoms with van der Waals surface area (Å²) < 4.78 is 0. The van der Waals surface area contributed by atoms with Gasteiger partial charge in [0.25, 0.3) is 0 Å². The lowest BCUT2D eigenvalue weighted by molar-refractivity contribution is 0.00338. The molecule has 0 N–H and O–H groups in total. The highest BCUT2D eigenvalue weighted by molar-refractivity contribution is 4.91. The number of unbranched alkanes of at least 4 members (excludes halogenated alkanes) is 1. The molecule has 1 heteroatoms. The second-order valence-corrected chi connectivity index (χ2v) is 4.58. The summed E-state index contributed by atoms with van der Waals surface area (Å²) in [5.74, 6) is 1.83. The van der Waals surface area contributed by atoms with Gasteiger partial charge in [-0.2, -0.15) is 0 Å². The van der Waals surface area contributed by atoms with E-state index in [2.05, 4.69) is 32.7 Å². The molecule has 2 unspecified atom stereocenters. The molecule has 0 aromatic heterocycles. The first-order valence-electron chi connectivity index (χ1n) is 5.37. The van der Waals surface area contributed by atoms with Gasteiger partial charge in [0.1, 0.15) is 0 Å². The van der Waals surface area contributed by atoms with Gasteiger partial charge in [-0.1, -0.05) is 33.6 Å². The molecule has 0 aliphatic carbocycles. The Morgan fingerprint density at radius 3 is 2.50 bits per heavy atom. The van der Waals surface area contributed by atoms with Crippen molar-refractivity contribution in [3.63, 3.8) is 0 Å². The molecule has 0 bridgehead atoms. The van der Waals surface area contributed by atoms with Gasteiger partial charge in [0.05, 0.1) is 0 Å². The lowest BCUT2D eigenvalue weighted by Crippen LogP contribution is -2.56. The smallest absolute Gasteiger partial charge is 0.0156 e. The average molecular weight is 169 g/mol. The number of hydrogen-bond acceptors (Lipinski definition) is 1. The van der Waals surface area contributed by atoms with E-state index in [4.69, 9.17) is 0 Å². The largest absolute Gasteiger partial charge is 0.303 e. The quantitative estimate of drug-likeness (QED) is 0.625. The average Bonchev–Trinajstić information content (AvgIpc) is 1.95. The van der Waals surface area contributed by atoms with E-state index in [0.29, 0.717) is 0 Å². The Kier molecular flexibility index (Phi) is 3.57. The highest BCUT2D eigenvalue weighted by Gasteiger charge is 2.36. The fourth-order valence-electron chi connectivity index (χ4n) is 2.60. The zero-order valence-electron chi connectivity index (χ0n) is 9.01. The maximum atomic E-state index is 2.50. The number of nitrogens with zero attached hydrogens (tertiary/aromatic N) is 1. The van der Waals surface area contributed by atoms with Crippen LogP contribution < -0.4 is 0 Å². The topological polar surface area (TPSA) is 3.24 Å². The second-order valence-electron chi connectivity index (χ2n) is 4.58. The molecule has 1 aliphatic rings. The van der Waals surface area contributed by atoms with Gasteiger partial charge in [-0.15, -0.1) is 0 Å². The molecule has 0 amide bonds. The highest BCUT2D eigenvalue weighted by Crippen LogP contribution is 2.32. The van der Waals surface area contributed by atoms with Crippen molar-refractivity contribution in [1.29, 1.82) is 0 Å². The minimum atomic E-state index is 0.839. The zero-order valence-corrected chi connectivity index (χ0v) is 9.01. The van der Waals surface area contributed by atoms with Crippen molar-refractivity contribution in [2.24, 2.45) is 11.8 Å². The Morgan fingerprint density at radius 1 is 1.42 bits per heavy atom. The van der Waals surface area contributed by atoms with Crippen LogP contribution in [0.3, 0.4) is 0 Å². The molecule has 0 aromatic carbocycles. The lowest BCUT2D eigenvalue weighted by Gasteiger charge is -2.48. The minimum absolute atomic E-state index is 0.839. The van der Waals surface area contributed by atoms with E-state index in [9.17, 15) is 0 Å². The third kappa shape index (κ3) is 2.01. The number of likely N-dealkylation sites (tertiary alicyclic amines) is 1. The van der Waals surface area contributed by atoms with Gasteiger partial charge in [0.2, 0.25) is 0 Å². The molecular weight excluding hydrogens is 146 g/mol. The molecule has 12 heavy (non-hydrogen) atoms. The molecule has 1 saturated heterocycles. The first-order valence-corrected chi connectivity index (χ1v) is 5.37. The molecular formula is C11H23N. The predicted molar refractivity (Wildman–Crippen MR) is 54.3 cm³/mol. The van der Waals surface area contributed by atoms with Gasteiger partial charge < -0.3 is 4.90 Å². The maximum absolute atomic E-state index is 2.50. The molecule has 0 aromatic rings. The van der Waals surface area contributed by atoms with E-state index in [1.807, 2.05) is 0 Å². The van der Waals surface area contributed by atoms with Crippen molar-refractivity contribution >= 4 is 0 Å². The van der Waals surface area contributed by atoms with Crippen molar-refractivity contribution in [3.05, 3.63) is 0 Å². The summed E-state index contributed by atoms with van der Waals surface area (Å²) in [7, 11) is 2.26. The van der Waals surface area contributed by atoms with Crippen LogP contribution in [0.4, 0.5) is 0 Å². The number of rotatable bonds is 4. The molecule has 1 fully saturated rings. The number of hydrogen-bond donors (Lipinski definition) is 0. The van der Waals surface area contributed by atoms with Crippen molar-refractivity contribution in [2.75, 3.05) is 13.6 Å². The van der Waals surface area contributed by atoms with Crippen LogP contribution in [0.2, 0.25) is 0 Å². The summed E-state index contributed by atoms with van der Waals surface area (Å²) in [4.78, 5) is 2.50. The van der Waals surface area contributed by atoms with Crippen molar-refractivity contribution in [3.8, 4) is 0 Å². The molecule has 1 rings (SSSR count). The highest BCUT2D eigenvalue weighted by atomic mass is 15.2. The predicted octanol–water partition coefficient (Wildman–Crippen LogP) is 2.76. The summed E-state index contributed by atoms with van der Waals surface area (Å²) in [5, 5.41) is 0. The van der Waals surface area contributed by atoms with Gasteiger partial charge in [-0.05, 0) is 25.3 Å². The van der Waals surface area contributed by atoms with Crippen LogP contribution in [0.1, 0.15) is 40.0 Å². The maximum Gasteiger partial charge on any atom is 0.0156 e. The first kappa shape index (κ1) is 10.0. The van der Waals surface area contributed by atoms with Crippen LogP contribution in [-0.2, 0) is 0 Å². The van der Waals surface area contributed by atoms with E-state index in [-0.39, 0.29) is 0 Å². The Bertz CT molecular complexity index is 126. The molecule has 0 saturated carbocycles. The fourth-order valence-corrected chi connectivity index (χ4v) is 2.60. The van der Waals surface area contributed by atoms with Gasteiger partial charge in [0.15, 0.2) is 0 Å². The van der Waals surface area contributed by atoms with Crippen LogP contribution in [0.25, 0.3) is 0 Å². The van der Waals surface area contributed by atoms with Crippen LogP contribution in [0.15, 0.2) is 0 Å². The first-order chi connectivity index (χ1) is 5.66. The van der Waals surface area contributed by atoms with E-state index < -0.39 is 0 Å². The van der Waals surface area contributed by atoms with Gasteiger partial charge in [-0.25, -0.2) is 0 Å². The third-order valence-electron chi connectivity index (χ3n) is 3.13. The molecule has 1 nitrogen and oxygen atoms in total. The minimum Gasteiger partial charge on any atom is -0.303 e. The lowest BCUT2D eigenvalue weighted by atomic mass is 9.79.